The number of hydrogen-bond acceptors (Lipinski definition) is 3. The lowest BCUT2D eigenvalue weighted by Gasteiger charge is -2.13. The lowest BCUT2D eigenvalue weighted by atomic mass is 10.1. The molecule has 5 N–H and O–H groups in total. The van der Waals surface area contributed by atoms with Crippen LogP contribution in [0.2, 0.25) is 0 Å². The van der Waals surface area contributed by atoms with Crippen LogP contribution in [0.5, 0.6) is 0 Å². The molecule has 0 unspecified atom stereocenters. The first kappa shape index (κ1) is 13.0. The number of rotatable bonds is 2. The van der Waals surface area contributed by atoms with E-state index in [0.29, 0.717) is 17.8 Å². The maximum absolute atomic E-state index is 8.93. The molecule has 1 aromatic rings. The number of aliphatic hydroxyl groups excluding tert-OH is 1. The van der Waals surface area contributed by atoms with E-state index in [1.807, 2.05) is 0 Å². The molecule has 0 saturated carbocycles. The Morgan fingerprint density at radius 3 is 1.71 bits per heavy atom. The van der Waals surface area contributed by atoms with Gasteiger partial charge in [0.15, 0.2) is 0 Å². The fourth-order valence-corrected chi connectivity index (χ4v) is 4.80. The van der Waals surface area contributed by atoms with Crippen molar-refractivity contribution < 1.29 is 5.11 Å². The third-order valence-corrected chi connectivity index (χ3v) is 5.46. The average molecular weight is 530 g/mol. The number of halogens is 3. The summed E-state index contributed by atoms with van der Waals surface area (Å²) < 4.78 is 2.90. The largest absolute Gasteiger partial charge is 0.397 e. The number of hydrogen-bond donors (Lipinski definition) is 3. The second-order valence-corrected chi connectivity index (χ2v) is 5.96. The van der Waals surface area contributed by atoms with Crippen LogP contribution in [0.1, 0.15) is 5.56 Å². The fourth-order valence-electron chi connectivity index (χ4n) is 1.09. The van der Waals surface area contributed by atoms with Gasteiger partial charge >= 0.3 is 0 Å². The monoisotopic (exact) mass is 530 g/mol. The predicted octanol–water partition coefficient (Wildman–Crippen LogP) is 2.20. The van der Waals surface area contributed by atoms with Gasteiger partial charge in [0.25, 0.3) is 0 Å². The molecule has 0 fully saturated rings. The summed E-state index contributed by atoms with van der Waals surface area (Å²) in [5.41, 5.74) is 14.3. The zero-order valence-electron chi connectivity index (χ0n) is 7.15. The minimum atomic E-state index is 0.117. The van der Waals surface area contributed by atoms with Gasteiger partial charge in [-0.2, -0.15) is 0 Å². The summed E-state index contributed by atoms with van der Waals surface area (Å²) >= 11 is 6.53. The molecule has 3 nitrogen and oxygen atoms in total. The van der Waals surface area contributed by atoms with Gasteiger partial charge in [0.1, 0.15) is 0 Å². The molecule has 14 heavy (non-hydrogen) atoms. The number of anilines is 2. The summed E-state index contributed by atoms with van der Waals surface area (Å²) in [5.74, 6) is 0. The Kier molecular flexibility index (Phi) is 4.98. The molecule has 0 saturated heterocycles. The minimum Gasteiger partial charge on any atom is -0.397 e. The summed E-state index contributed by atoms with van der Waals surface area (Å²) in [6.45, 7) is 0.117. The maximum Gasteiger partial charge on any atom is 0.0611 e. The van der Waals surface area contributed by atoms with Crippen LogP contribution in [0.3, 0.4) is 0 Å². The van der Waals surface area contributed by atoms with Gasteiger partial charge < -0.3 is 16.6 Å². The average Bonchev–Trinajstić information content (AvgIpc) is 2.19. The van der Waals surface area contributed by atoms with E-state index in [1.165, 1.54) is 0 Å². The highest BCUT2D eigenvalue weighted by molar-refractivity contribution is 14.1. The molecule has 1 aromatic carbocycles. The fraction of sp³-hybridized carbons (Fsp3) is 0.250. The highest BCUT2D eigenvalue weighted by Crippen LogP contribution is 2.35. The first-order chi connectivity index (χ1) is 6.50. The van der Waals surface area contributed by atoms with Crippen LogP contribution in [0.15, 0.2) is 0 Å². The molecule has 0 radical (unpaired) electrons. The molecular weight excluding hydrogens is 521 g/mol. The van der Waals surface area contributed by atoms with Gasteiger partial charge in [-0.25, -0.2) is 0 Å². The van der Waals surface area contributed by atoms with E-state index < -0.39 is 0 Å². The number of nitrogen functional groups attached to an aromatic ring is 2. The summed E-state index contributed by atoms with van der Waals surface area (Å²) in [4.78, 5) is 0. The Balaban J connectivity index is 3.43. The SMILES string of the molecule is Nc1c(I)c(N)c(I)c(CCO)c1I. The van der Waals surface area contributed by atoms with E-state index in [-0.39, 0.29) is 6.61 Å². The van der Waals surface area contributed by atoms with Crippen molar-refractivity contribution in [2.45, 2.75) is 6.42 Å². The molecular formula is C8H9I3N2O. The van der Waals surface area contributed by atoms with E-state index in [9.17, 15) is 0 Å². The molecule has 6 heteroatoms. The zero-order chi connectivity index (χ0) is 10.9. The molecule has 0 aliphatic heterocycles. The maximum atomic E-state index is 8.93. The van der Waals surface area contributed by atoms with E-state index >= 15 is 0 Å². The molecule has 0 aliphatic carbocycles. The van der Waals surface area contributed by atoms with Crippen LogP contribution in [0.25, 0.3) is 0 Å². The molecule has 0 heterocycles. The van der Waals surface area contributed by atoms with Gasteiger partial charge in [-0.3, -0.25) is 0 Å². The molecule has 78 valence electrons. The van der Waals surface area contributed by atoms with Gasteiger partial charge in [0, 0.05) is 13.7 Å². The second kappa shape index (κ2) is 5.34. The Hall–Kier alpha value is 0.970. The van der Waals surface area contributed by atoms with Crippen molar-refractivity contribution in [2.75, 3.05) is 18.1 Å². The van der Waals surface area contributed by atoms with Gasteiger partial charge in [-0.05, 0) is 79.8 Å². The summed E-state index contributed by atoms with van der Waals surface area (Å²) in [7, 11) is 0. The Morgan fingerprint density at radius 2 is 1.36 bits per heavy atom. The third-order valence-electron chi connectivity index (χ3n) is 1.84. The minimum absolute atomic E-state index is 0.117. The van der Waals surface area contributed by atoms with Crippen LogP contribution in [0, 0.1) is 10.7 Å². The van der Waals surface area contributed by atoms with E-state index in [1.54, 1.807) is 0 Å². The number of benzene rings is 1. The smallest absolute Gasteiger partial charge is 0.0611 e. The van der Waals surface area contributed by atoms with Crippen molar-refractivity contribution >= 4 is 79.1 Å². The number of nitrogens with two attached hydrogens (primary N) is 2. The van der Waals surface area contributed by atoms with Gasteiger partial charge in [-0.15, -0.1) is 0 Å². The van der Waals surface area contributed by atoms with Crippen molar-refractivity contribution in [3.05, 3.63) is 16.3 Å². The summed E-state index contributed by atoms with van der Waals surface area (Å²) in [5, 5.41) is 8.93. The Labute approximate surface area is 123 Å². The highest BCUT2D eigenvalue weighted by atomic mass is 127. The van der Waals surface area contributed by atoms with Gasteiger partial charge in [0.05, 0.1) is 14.9 Å². The van der Waals surface area contributed by atoms with Crippen LogP contribution < -0.4 is 11.5 Å². The molecule has 0 atom stereocenters. The normalized spacial score (nSPS) is 10.6. The predicted molar refractivity (Wildman–Crippen MR) is 84.2 cm³/mol. The third kappa shape index (κ3) is 2.38. The number of aliphatic hydroxyl groups is 1. The molecule has 0 spiro atoms. The van der Waals surface area contributed by atoms with Crippen LogP contribution in [0.4, 0.5) is 11.4 Å². The lowest BCUT2D eigenvalue weighted by molar-refractivity contribution is 0.299. The highest BCUT2D eigenvalue weighted by Gasteiger charge is 2.15. The molecule has 0 amide bonds. The first-order valence-electron chi connectivity index (χ1n) is 3.81. The van der Waals surface area contributed by atoms with Crippen molar-refractivity contribution in [3.8, 4) is 0 Å². The standard InChI is InChI=1S/C8H9I3N2O/c9-4-3(1-2-14)5(10)8(13)6(11)7(4)12/h14H,1-2,12-13H2. The summed E-state index contributed by atoms with van der Waals surface area (Å²) in [6.07, 6.45) is 0.599. The lowest BCUT2D eigenvalue weighted by Crippen LogP contribution is -2.08. The van der Waals surface area contributed by atoms with Crippen LogP contribution in [-0.4, -0.2) is 11.7 Å². The first-order valence-corrected chi connectivity index (χ1v) is 7.05. The molecule has 1 rings (SSSR count). The topological polar surface area (TPSA) is 72.3 Å². The Bertz CT molecular complexity index is 339. The van der Waals surface area contributed by atoms with Gasteiger partial charge in [-0.1, -0.05) is 0 Å². The summed E-state index contributed by atoms with van der Waals surface area (Å²) in [6, 6.07) is 0. The van der Waals surface area contributed by atoms with E-state index in [4.69, 9.17) is 16.6 Å². The van der Waals surface area contributed by atoms with Crippen LogP contribution in [-0.2, 0) is 6.42 Å². The molecule has 0 aliphatic rings. The molecule has 0 aromatic heterocycles. The van der Waals surface area contributed by atoms with Crippen molar-refractivity contribution in [1.82, 2.24) is 0 Å². The van der Waals surface area contributed by atoms with Crippen LogP contribution >= 0.6 is 67.8 Å². The van der Waals surface area contributed by atoms with E-state index in [0.717, 1.165) is 16.3 Å². The zero-order valence-corrected chi connectivity index (χ0v) is 13.6. The van der Waals surface area contributed by atoms with Crippen molar-refractivity contribution in [2.24, 2.45) is 0 Å². The Morgan fingerprint density at radius 1 is 0.929 bits per heavy atom. The van der Waals surface area contributed by atoms with Gasteiger partial charge in [0.2, 0.25) is 0 Å². The van der Waals surface area contributed by atoms with E-state index in [2.05, 4.69) is 67.8 Å². The quantitative estimate of drug-likeness (QED) is 0.406. The second-order valence-electron chi connectivity index (χ2n) is 2.72. The molecule has 0 bridgehead atoms. The van der Waals surface area contributed by atoms with Crippen molar-refractivity contribution in [3.63, 3.8) is 0 Å². The van der Waals surface area contributed by atoms with Crippen molar-refractivity contribution in [1.29, 1.82) is 0 Å².